The van der Waals surface area contributed by atoms with Gasteiger partial charge in [0, 0.05) is 47.9 Å². The Morgan fingerprint density at radius 2 is 1.91 bits per heavy atom. The van der Waals surface area contributed by atoms with Crippen LogP contribution in [0.5, 0.6) is 0 Å². The van der Waals surface area contributed by atoms with Crippen LogP contribution in [-0.2, 0) is 22.6 Å². The van der Waals surface area contributed by atoms with E-state index in [0.717, 1.165) is 39.4 Å². The fourth-order valence-corrected chi connectivity index (χ4v) is 7.84. The van der Waals surface area contributed by atoms with Crippen LogP contribution in [-0.4, -0.2) is 99.0 Å². The molecule has 0 bridgehead atoms. The third kappa shape index (κ3) is 9.35. The van der Waals surface area contributed by atoms with Crippen LogP contribution in [0.25, 0.3) is 38.5 Å². The van der Waals surface area contributed by atoms with Gasteiger partial charge >= 0.3 is 0 Å². The van der Waals surface area contributed by atoms with Gasteiger partial charge in [0.25, 0.3) is 11.5 Å². The summed E-state index contributed by atoms with van der Waals surface area (Å²) >= 11 is 7.36. The fourth-order valence-electron chi connectivity index (χ4n) is 5.82. The Morgan fingerprint density at radius 1 is 1.07 bits per heavy atom. The standard InChI is InChI=1S/C38H40N14O3S3/c1-4-19-57-37-43-33(42-14-12-39)32-34(44-37)51(49-47-32)21-25-5-7-26(8-6-25)28-22-50(48-46-28)16-18-55-17-15-41-30(53)10-9-27-24(3)58-35-31(27)36(54)52(38(56)45-35)29-20-23(2)11-13-40-29/h5-8,11,13,20,22H,4,12,14-19,21,39H2,1-3H3,(H,41,53)(H,45,56)(H,42,43,44). The minimum Gasteiger partial charge on any atom is -0.378 e. The van der Waals surface area contributed by atoms with Crippen molar-refractivity contribution in [3.05, 3.63) is 80.7 Å². The number of carbonyl (C=O) groups excluding carboxylic acids is 1. The zero-order valence-electron chi connectivity index (χ0n) is 32.0. The van der Waals surface area contributed by atoms with E-state index in [1.807, 2.05) is 50.4 Å². The molecule has 0 aliphatic rings. The number of anilines is 1. The van der Waals surface area contributed by atoms with Crippen molar-refractivity contribution < 1.29 is 9.53 Å². The summed E-state index contributed by atoms with van der Waals surface area (Å²) in [6.07, 6.45) is 4.49. The molecular formula is C38H40N14O3S3. The Labute approximate surface area is 346 Å². The van der Waals surface area contributed by atoms with E-state index in [0.29, 0.717) is 76.5 Å². The number of hydrogen-bond acceptors (Lipinski definition) is 16. The molecule has 0 fully saturated rings. The first-order valence-electron chi connectivity index (χ1n) is 18.5. The predicted octanol–water partition coefficient (Wildman–Crippen LogP) is 3.65. The number of ether oxygens (including phenoxy) is 1. The van der Waals surface area contributed by atoms with Crippen molar-refractivity contribution in [2.75, 3.05) is 43.9 Å². The number of hydrogen-bond donors (Lipinski definition) is 4. The summed E-state index contributed by atoms with van der Waals surface area (Å²) in [5, 5.41) is 24.5. The maximum Gasteiger partial charge on any atom is 0.296 e. The first kappa shape index (κ1) is 40.5. The number of aryl methyl sites for hydroxylation is 2. The van der Waals surface area contributed by atoms with E-state index < -0.39 is 5.91 Å². The lowest BCUT2D eigenvalue weighted by Gasteiger charge is -2.08. The van der Waals surface area contributed by atoms with Crippen LogP contribution in [0.15, 0.2) is 63.9 Å². The van der Waals surface area contributed by atoms with Crippen LogP contribution in [0.1, 0.15) is 34.9 Å². The molecule has 4 N–H and O–H groups in total. The Bertz CT molecular complexity index is 2700. The number of thiol groups is 1. The van der Waals surface area contributed by atoms with Crippen LogP contribution in [0.4, 0.5) is 5.82 Å². The lowest BCUT2D eigenvalue weighted by molar-refractivity contribution is -0.115. The molecule has 17 nitrogen and oxygen atoms in total. The molecular weight excluding hydrogens is 797 g/mol. The van der Waals surface area contributed by atoms with Gasteiger partial charge in [-0.2, -0.15) is 0 Å². The van der Waals surface area contributed by atoms with Crippen molar-refractivity contribution in [1.29, 1.82) is 0 Å². The van der Waals surface area contributed by atoms with Gasteiger partial charge in [-0.05, 0) is 43.5 Å². The number of nitrogens with two attached hydrogens (primary N) is 1. The average Bonchev–Trinajstić information content (AvgIpc) is 3.94. The highest BCUT2D eigenvalue weighted by molar-refractivity contribution is 7.99. The van der Waals surface area contributed by atoms with E-state index in [1.165, 1.54) is 15.9 Å². The van der Waals surface area contributed by atoms with E-state index >= 15 is 0 Å². The zero-order valence-corrected chi connectivity index (χ0v) is 34.5. The maximum atomic E-state index is 13.6. The van der Waals surface area contributed by atoms with Crippen LogP contribution < -0.4 is 21.9 Å². The molecule has 0 saturated carbocycles. The second-order valence-corrected chi connectivity index (χ2v) is 15.6. The molecule has 1 amide bonds. The van der Waals surface area contributed by atoms with Gasteiger partial charge in [0.05, 0.1) is 43.4 Å². The van der Waals surface area contributed by atoms with Gasteiger partial charge in [0.15, 0.2) is 27.3 Å². The number of thiophene rings is 1. The summed E-state index contributed by atoms with van der Waals surface area (Å²) < 4.78 is 10.5. The Hall–Kier alpha value is -5.72. The highest BCUT2D eigenvalue weighted by atomic mass is 32.2. The zero-order chi connectivity index (χ0) is 40.6. The highest BCUT2D eigenvalue weighted by Crippen LogP contribution is 2.28. The molecule has 0 unspecified atom stereocenters. The molecule has 0 aliphatic heterocycles. The van der Waals surface area contributed by atoms with E-state index in [4.69, 9.17) is 15.5 Å². The Morgan fingerprint density at radius 3 is 2.71 bits per heavy atom. The van der Waals surface area contributed by atoms with Gasteiger partial charge in [-0.1, -0.05) is 59.3 Å². The summed E-state index contributed by atoms with van der Waals surface area (Å²) in [6, 6.07) is 11.6. The molecule has 0 saturated heterocycles. The summed E-state index contributed by atoms with van der Waals surface area (Å²) in [5.41, 5.74) is 10.7. The number of benzene rings is 1. The largest absolute Gasteiger partial charge is 0.378 e. The minimum atomic E-state index is -0.488. The highest BCUT2D eigenvalue weighted by Gasteiger charge is 2.19. The molecule has 7 rings (SSSR count). The molecule has 7 aromatic rings. The number of pyridine rings is 1. The van der Waals surface area contributed by atoms with Crippen LogP contribution in [0.3, 0.4) is 0 Å². The SMILES string of the molecule is CCCSc1nc(NCCN)c2nnn(Cc3ccc(-c4cn(CCOCCNC(=O)C#Cc5c(C)sc6nc(S)n(-c7cc(C)ccn7)c(=O)c56)nn4)cc3)c2n1. The van der Waals surface area contributed by atoms with Crippen LogP contribution >= 0.6 is 35.7 Å². The first-order valence-corrected chi connectivity index (χ1v) is 20.7. The smallest absolute Gasteiger partial charge is 0.296 e. The predicted molar refractivity (Wildman–Crippen MR) is 227 cm³/mol. The van der Waals surface area contributed by atoms with E-state index in [9.17, 15) is 9.59 Å². The number of carbonyl (C=O) groups is 1. The lowest BCUT2D eigenvalue weighted by Crippen LogP contribution is -2.26. The molecule has 0 atom stereocenters. The topological polar surface area (TPSA) is 211 Å². The molecule has 6 aromatic heterocycles. The van der Waals surface area contributed by atoms with Crippen molar-refractivity contribution in [2.24, 2.45) is 5.73 Å². The number of nitrogens with zero attached hydrogens (tertiary/aromatic N) is 11. The van der Waals surface area contributed by atoms with Gasteiger partial charge in [-0.15, -0.1) is 34.2 Å². The molecule has 6 heterocycles. The summed E-state index contributed by atoms with van der Waals surface area (Å²) in [5.74, 6) is 6.95. The van der Waals surface area contributed by atoms with Crippen LogP contribution in [0.2, 0.25) is 0 Å². The molecule has 20 heteroatoms. The molecule has 1 aromatic carbocycles. The quantitative estimate of drug-likeness (QED) is 0.0360. The van der Waals surface area contributed by atoms with Crippen molar-refractivity contribution >= 4 is 68.8 Å². The average molecular weight is 837 g/mol. The summed E-state index contributed by atoms with van der Waals surface area (Å²) in [6.45, 7) is 8.76. The van der Waals surface area contributed by atoms with Gasteiger partial charge in [-0.3, -0.25) is 9.59 Å². The Kier molecular flexibility index (Phi) is 13.0. The maximum absolute atomic E-state index is 13.6. The van der Waals surface area contributed by atoms with Gasteiger partial charge < -0.3 is 21.1 Å². The van der Waals surface area contributed by atoms with Crippen molar-refractivity contribution in [2.45, 2.75) is 50.6 Å². The third-order valence-corrected chi connectivity index (χ3v) is 11.0. The fraction of sp³-hybridized carbons (Fsp3) is 0.316. The van der Waals surface area contributed by atoms with E-state index in [2.05, 4.69) is 77.6 Å². The van der Waals surface area contributed by atoms with Crippen molar-refractivity contribution in [3.63, 3.8) is 0 Å². The van der Waals surface area contributed by atoms with Crippen LogP contribution in [0, 0.1) is 25.7 Å². The van der Waals surface area contributed by atoms with Gasteiger partial charge in [-0.25, -0.2) is 33.9 Å². The van der Waals surface area contributed by atoms with E-state index in [-0.39, 0.29) is 23.9 Å². The number of thioether (sulfide) groups is 1. The summed E-state index contributed by atoms with van der Waals surface area (Å²) in [4.78, 5) is 45.6. The molecule has 0 radical (unpaired) electrons. The monoisotopic (exact) mass is 836 g/mol. The second-order valence-electron chi connectivity index (χ2n) is 13.0. The molecule has 298 valence electrons. The lowest BCUT2D eigenvalue weighted by atomic mass is 10.1. The number of rotatable bonds is 16. The molecule has 0 aliphatic carbocycles. The minimum absolute atomic E-state index is 0.220. The van der Waals surface area contributed by atoms with Gasteiger partial charge in [0.2, 0.25) is 0 Å². The van der Waals surface area contributed by atoms with Gasteiger partial charge in [0.1, 0.15) is 16.3 Å². The number of amides is 1. The van der Waals surface area contributed by atoms with Crippen molar-refractivity contribution in [3.8, 4) is 28.9 Å². The molecule has 58 heavy (non-hydrogen) atoms. The first-order chi connectivity index (χ1) is 28.2. The number of fused-ring (bicyclic) bond motifs is 2. The second kappa shape index (κ2) is 18.7. The Balaban J connectivity index is 0.893. The third-order valence-electron chi connectivity index (χ3n) is 8.65. The van der Waals surface area contributed by atoms with E-state index in [1.54, 1.807) is 33.4 Å². The summed E-state index contributed by atoms with van der Waals surface area (Å²) in [7, 11) is 0. The van der Waals surface area contributed by atoms with Crippen molar-refractivity contribution in [1.82, 2.24) is 59.8 Å². The normalized spacial score (nSPS) is 11.3. The number of nitrogens with one attached hydrogen (secondary N) is 2. The molecule has 0 spiro atoms. The number of aromatic nitrogens is 11.